The topological polar surface area (TPSA) is 20.2 Å². The molecule has 2 unspecified atom stereocenters. The van der Waals surface area contributed by atoms with Crippen molar-refractivity contribution in [3.05, 3.63) is 0 Å². The molecule has 0 aromatic carbocycles. The first-order valence-electron chi connectivity index (χ1n) is 6.26. The van der Waals surface area contributed by atoms with E-state index in [1.165, 1.54) is 6.42 Å². The van der Waals surface area contributed by atoms with Crippen molar-refractivity contribution < 1.29 is 5.11 Å². The maximum Gasteiger partial charge on any atom is 0.0593 e. The molecule has 92 valence electrons. The molecule has 0 aromatic heterocycles. The quantitative estimate of drug-likeness (QED) is 0.725. The van der Waals surface area contributed by atoms with E-state index in [2.05, 4.69) is 48.5 Å². The van der Waals surface area contributed by atoms with Gasteiger partial charge in [0.15, 0.2) is 0 Å². The fourth-order valence-electron chi connectivity index (χ4n) is 2.06. The maximum atomic E-state index is 10.1. The van der Waals surface area contributed by atoms with Crippen LogP contribution in [0, 0.1) is 16.7 Å². The Balaban J connectivity index is 4.13. The van der Waals surface area contributed by atoms with Crippen molar-refractivity contribution in [2.24, 2.45) is 16.7 Å². The molecule has 2 atom stereocenters. The predicted molar refractivity (Wildman–Crippen MR) is 67.9 cm³/mol. The Morgan fingerprint density at radius 3 is 1.87 bits per heavy atom. The van der Waals surface area contributed by atoms with Gasteiger partial charge in [-0.2, -0.15) is 0 Å². The van der Waals surface area contributed by atoms with Gasteiger partial charge in [0.25, 0.3) is 0 Å². The normalized spacial score (nSPS) is 17.6. The van der Waals surface area contributed by atoms with Crippen molar-refractivity contribution in [1.82, 2.24) is 0 Å². The monoisotopic (exact) mass is 214 g/mol. The standard InChI is InChI=1S/C14H30O/c1-8-14(6,7)12(15)9-11(2)10-13(3,4)5/h11-12,15H,8-10H2,1-7H3. The lowest BCUT2D eigenvalue weighted by molar-refractivity contribution is 0.0244. The molecule has 1 N–H and O–H groups in total. The Hall–Kier alpha value is -0.0400. The molecule has 0 aromatic rings. The lowest BCUT2D eigenvalue weighted by atomic mass is 9.76. The van der Waals surface area contributed by atoms with E-state index in [1.807, 2.05) is 0 Å². The zero-order valence-corrected chi connectivity index (χ0v) is 11.7. The van der Waals surface area contributed by atoms with Gasteiger partial charge >= 0.3 is 0 Å². The first kappa shape index (κ1) is 15.0. The smallest absolute Gasteiger partial charge is 0.0593 e. The Morgan fingerprint density at radius 1 is 1.07 bits per heavy atom. The molecule has 0 radical (unpaired) electrons. The summed E-state index contributed by atoms with van der Waals surface area (Å²) < 4.78 is 0. The summed E-state index contributed by atoms with van der Waals surface area (Å²) in [7, 11) is 0. The van der Waals surface area contributed by atoms with E-state index in [0.717, 1.165) is 12.8 Å². The first-order valence-corrected chi connectivity index (χ1v) is 6.26. The average molecular weight is 214 g/mol. The molecule has 0 aliphatic carbocycles. The molecule has 0 bridgehead atoms. The summed E-state index contributed by atoms with van der Waals surface area (Å²) in [6, 6.07) is 0. The van der Waals surface area contributed by atoms with Gasteiger partial charge in [-0.1, -0.05) is 48.5 Å². The van der Waals surface area contributed by atoms with Gasteiger partial charge < -0.3 is 5.11 Å². The minimum absolute atomic E-state index is 0.0617. The van der Waals surface area contributed by atoms with Crippen LogP contribution in [0.25, 0.3) is 0 Å². The van der Waals surface area contributed by atoms with E-state index < -0.39 is 0 Å². The Bertz CT molecular complexity index is 176. The van der Waals surface area contributed by atoms with Crippen LogP contribution in [0.15, 0.2) is 0 Å². The van der Waals surface area contributed by atoms with Crippen molar-refractivity contribution in [3.8, 4) is 0 Å². The summed E-state index contributed by atoms with van der Waals surface area (Å²) >= 11 is 0. The SMILES string of the molecule is CCC(C)(C)C(O)CC(C)CC(C)(C)C. The third-order valence-electron chi connectivity index (χ3n) is 3.40. The van der Waals surface area contributed by atoms with Crippen LogP contribution >= 0.6 is 0 Å². The van der Waals surface area contributed by atoms with Crippen LogP contribution in [0.4, 0.5) is 0 Å². The minimum Gasteiger partial charge on any atom is -0.393 e. The van der Waals surface area contributed by atoms with Gasteiger partial charge in [-0.05, 0) is 36.0 Å². The molecule has 0 rings (SSSR count). The lowest BCUT2D eigenvalue weighted by Crippen LogP contribution is -2.31. The lowest BCUT2D eigenvalue weighted by Gasteiger charge is -2.33. The molecular formula is C14H30O. The Kier molecular flexibility index (Phi) is 5.32. The van der Waals surface area contributed by atoms with Crippen molar-refractivity contribution in [2.75, 3.05) is 0 Å². The van der Waals surface area contributed by atoms with E-state index in [1.54, 1.807) is 0 Å². The molecule has 0 aliphatic heterocycles. The highest BCUT2D eigenvalue weighted by Gasteiger charge is 2.28. The molecule has 1 heteroatoms. The van der Waals surface area contributed by atoms with E-state index in [0.29, 0.717) is 11.3 Å². The number of aliphatic hydroxyl groups is 1. The van der Waals surface area contributed by atoms with Crippen LogP contribution in [0.5, 0.6) is 0 Å². The van der Waals surface area contributed by atoms with Crippen LogP contribution in [0.1, 0.15) is 67.7 Å². The van der Waals surface area contributed by atoms with Crippen LogP contribution in [0.3, 0.4) is 0 Å². The van der Waals surface area contributed by atoms with Crippen molar-refractivity contribution in [3.63, 3.8) is 0 Å². The third-order valence-corrected chi connectivity index (χ3v) is 3.40. The molecule has 0 heterocycles. The van der Waals surface area contributed by atoms with E-state index in [-0.39, 0.29) is 11.5 Å². The zero-order valence-electron chi connectivity index (χ0n) is 11.7. The number of rotatable bonds is 5. The summed E-state index contributed by atoms with van der Waals surface area (Å²) in [5, 5.41) is 10.1. The molecular weight excluding hydrogens is 184 g/mol. The number of aliphatic hydroxyl groups excluding tert-OH is 1. The molecule has 0 fully saturated rings. The fraction of sp³-hybridized carbons (Fsp3) is 1.00. The first-order chi connectivity index (χ1) is 6.58. The average Bonchev–Trinajstić information content (AvgIpc) is 2.00. The number of hydrogen-bond acceptors (Lipinski definition) is 1. The summed E-state index contributed by atoms with van der Waals surface area (Å²) in [5.74, 6) is 0.603. The van der Waals surface area contributed by atoms with Crippen LogP contribution in [-0.2, 0) is 0 Å². The van der Waals surface area contributed by atoms with Gasteiger partial charge in [0, 0.05) is 0 Å². The third kappa shape index (κ3) is 6.19. The van der Waals surface area contributed by atoms with E-state index in [4.69, 9.17) is 0 Å². The second kappa shape index (κ2) is 5.34. The van der Waals surface area contributed by atoms with Gasteiger partial charge in [-0.3, -0.25) is 0 Å². The Labute approximate surface area is 96.3 Å². The highest BCUT2D eigenvalue weighted by Crippen LogP contribution is 2.32. The molecule has 0 saturated carbocycles. The second-order valence-corrected chi connectivity index (χ2v) is 6.96. The van der Waals surface area contributed by atoms with Gasteiger partial charge in [0.1, 0.15) is 0 Å². The summed E-state index contributed by atoms with van der Waals surface area (Å²) in [4.78, 5) is 0. The largest absolute Gasteiger partial charge is 0.393 e. The fourth-order valence-corrected chi connectivity index (χ4v) is 2.06. The van der Waals surface area contributed by atoms with Crippen molar-refractivity contribution in [2.45, 2.75) is 73.8 Å². The highest BCUT2D eigenvalue weighted by molar-refractivity contribution is 4.79. The van der Waals surface area contributed by atoms with Crippen molar-refractivity contribution in [1.29, 1.82) is 0 Å². The summed E-state index contributed by atoms with van der Waals surface area (Å²) in [6.45, 7) is 15.5. The summed E-state index contributed by atoms with van der Waals surface area (Å²) in [5.41, 5.74) is 0.432. The Morgan fingerprint density at radius 2 is 1.53 bits per heavy atom. The van der Waals surface area contributed by atoms with Crippen molar-refractivity contribution >= 4 is 0 Å². The van der Waals surface area contributed by atoms with Crippen LogP contribution in [0.2, 0.25) is 0 Å². The van der Waals surface area contributed by atoms with Crippen LogP contribution < -0.4 is 0 Å². The zero-order chi connectivity index (χ0) is 12.3. The molecule has 1 nitrogen and oxygen atoms in total. The predicted octanol–water partition coefficient (Wildman–Crippen LogP) is 4.25. The molecule has 0 spiro atoms. The number of hydrogen-bond donors (Lipinski definition) is 1. The van der Waals surface area contributed by atoms with Gasteiger partial charge in [-0.15, -0.1) is 0 Å². The second-order valence-electron chi connectivity index (χ2n) is 6.96. The van der Waals surface area contributed by atoms with Gasteiger partial charge in [0.2, 0.25) is 0 Å². The molecule has 0 amide bonds. The highest BCUT2D eigenvalue weighted by atomic mass is 16.3. The maximum absolute atomic E-state index is 10.1. The van der Waals surface area contributed by atoms with Gasteiger partial charge in [0.05, 0.1) is 6.10 Å². The van der Waals surface area contributed by atoms with E-state index >= 15 is 0 Å². The van der Waals surface area contributed by atoms with E-state index in [9.17, 15) is 5.11 Å². The van der Waals surface area contributed by atoms with Gasteiger partial charge in [-0.25, -0.2) is 0 Å². The minimum atomic E-state index is -0.167. The molecule has 0 saturated heterocycles. The summed E-state index contributed by atoms with van der Waals surface area (Å²) in [6.07, 6.45) is 2.98. The molecule has 15 heavy (non-hydrogen) atoms. The molecule has 0 aliphatic rings. The van der Waals surface area contributed by atoms with Crippen LogP contribution in [-0.4, -0.2) is 11.2 Å².